The van der Waals surface area contributed by atoms with E-state index in [0.29, 0.717) is 19.6 Å². The summed E-state index contributed by atoms with van der Waals surface area (Å²) in [6.45, 7) is 11.4. The quantitative estimate of drug-likeness (QED) is 0.539. The van der Waals surface area contributed by atoms with E-state index in [0.717, 1.165) is 6.42 Å². The highest BCUT2D eigenvalue weighted by atomic mass is 16.8. The highest BCUT2D eigenvalue weighted by molar-refractivity contribution is 5.62. The number of hydrogen-bond acceptors (Lipinski definition) is 8. The van der Waals surface area contributed by atoms with Gasteiger partial charge in [-0.1, -0.05) is 6.92 Å². The van der Waals surface area contributed by atoms with E-state index in [1.165, 1.54) is 0 Å². The third-order valence-corrected chi connectivity index (χ3v) is 4.28. The molecule has 0 aliphatic carbocycles. The number of ether oxygens (including phenoxy) is 6. The first-order chi connectivity index (χ1) is 12.0. The van der Waals surface area contributed by atoms with Crippen molar-refractivity contribution in [2.24, 2.45) is 5.92 Å². The van der Waals surface area contributed by atoms with Crippen LogP contribution in [0.15, 0.2) is 0 Å². The lowest BCUT2D eigenvalue weighted by Crippen LogP contribution is -2.35. The van der Waals surface area contributed by atoms with Gasteiger partial charge in [-0.05, 0) is 40.0 Å². The summed E-state index contributed by atoms with van der Waals surface area (Å²) in [6.07, 6.45) is -0.493. The van der Waals surface area contributed by atoms with Crippen molar-refractivity contribution in [3.8, 4) is 0 Å². The Morgan fingerprint density at radius 1 is 0.962 bits per heavy atom. The van der Waals surface area contributed by atoms with E-state index in [1.807, 2.05) is 27.7 Å². The Bertz CT molecular complexity index is 501. The molecule has 0 spiro atoms. The molecule has 0 saturated carbocycles. The lowest BCUT2D eigenvalue weighted by molar-refractivity contribution is -0.0880. The van der Waals surface area contributed by atoms with Crippen LogP contribution in [-0.2, 0) is 28.4 Å². The van der Waals surface area contributed by atoms with Crippen molar-refractivity contribution >= 4 is 12.3 Å². The van der Waals surface area contributed by atoms with Crippen LogP contribution in [0.1, 0.15) is 47.5 Å². The zero-order chi connectivity index (χ0) is 19.4. The molecule has 2 aliphatic rings. The number of cyclic esters (lactones) is 4. The van der Waals surface area contributed by atoms with Crippen LogP contribution in [0.5, 0.6) is 0 Å². The fourth-order valence-corrected chi connectivity index (χ4v) is 3.16. The van der Waals surface area contributed by atoms with E-state index >= 15 is 0 Å². The maximum Gasteiger partial charge on any atom is 0.508 e. The van der Waals surface area contributed by atoms with Gasteiger partial charge in [-0.3, -0.25) is 0 Å². The van der Waals surface area contributed by atoms with Gasteiger partial charge in [0.2, 0.25) is 0 Å². The largest absolute Gasteiger partial charge is 0.508 e. The maximum absolute atomic E-state index is 11.0. The molecule has 0 aromatic rings. The van der Waals surface area contributed by atoms with Gasteiger partial charge in [0.25, 0.3) is 0 Å². The summed E-state index contributed by atoms with van der Waals surface area (Å²) >= 11 is 0. The topological polar surface area (TPSA) is 89.5 Å². The molecule has 8 heteroatoms. The van der Waals surface area contributed by atoms with Gasteiger partial charge in [-0.2, -0.15) is 0 Å². The number of hydrogen-bond donors (Lipinski definition) is 0. The predicted octanol–water partition coefficient (Wildman–Crippen LogP) is 3.06. The monoisotopic (exact) mass is 374 g/mol. The van der Waals surface area contributed by atoms with Gasteiger partial charge < -0.3 is 28.4 Å². The third-order valence-electron chi connectivity index (χ3n) is 4.28. The molecule has 0 radical (unpaired) electrons. The zero-order valence-electron chi connectivity index (χ0n) is 16.2. The average Bonchev–Trinajstić information content (AvgIpc) is 3.11. The molecule has 2 fully saturated rings. The van der Waals surface area contributed by atoms with Crippen LogP contribution < -0.4 is 0 Å². The molecule has 26 heavy (non-hydrogen) atoms. The van der Waals surface area contributed by atoms with Gasteiger partial charge in [-0.15, -0.1) is 0 Å². The SMILES string of the molecule is CC(COC(C)(C)CC1COC(=O)O1)CC(C)(C)OCC1COC(=O)O1. The Balaban J connectivity index is 1.68. The molecule has 2 heterocycles. The zero-order valence-corrected chi connectivity index (χ0v) is 16.2. The van der Waals surface area contributed by atoms with Crippen molar-refractivity contribution < 1.29 is 38.0 Å². The number of carbonyl (C=O) groups is 2. The molecule has 0 aromatic heterocycles. The Kier molecular flexibility index (Phi) is 6.74. The van der Waals surface area contributed by atoms with Gasteiger partial charge in [-0.25, -0.2) is 9.59 Å². The number of carbonyl (C=O) groups excluding carboxylic acids is 2. The van der Waals surface area contributed by atoms with Gasteiger partial charge in [0.05, 0.1) is 17.8 Å². The van der Waals surface area contributed by atoms with Crippen LogP contribution in [-0.4, -0.2) is 62.1 Å². The summed E-state index contributed by atoms with van der Waals surface area (Å²) in [5.74, 6) is 0.258. The second-order valence-corrected chi connectivity index (χ2v) is 8.26. The summed E-state index contributed by atoms with van der Waals surface area (Å²) < 4.78 is 31.5. The molecule has 3 unspecified atom stereocenters. The number of rotatable bonds is 10. The van der Waals surface area contributed by atoms with E-state index in [4.69, 9.17) is 28.4 Å². The van der Waals surface area contributed by atoms with Crippen molar-refractivity contribution in [3.05, 3.63) is 0 Å². The fraction of sp³-hybridized carbons (Fsp3) is 0.889. The van der Waals surface area contributed by atoms with E-state index < -0.39 is 17.9 Å². The summed E-state index contributed by atoms with van der Waals surface area (Å²) in [5, 5.41) is 0. The van der Waals surface area contributed by atoms with E-state index in [-0.39, 0.29) is 36.9 Å². The molecule has 3 atom stereocenters. The minimum atomic E-state index is -0.640. The molecule has 150 valence electrons. The summed E-state index contributed by atoms with van der Waals surface area (Å²) in [5.41, 5.74) is -0.802. The van der Waals surface area contributed by atoms with Gasteiger partial charge >= 0.3 is 12.3 Å². The van der Waals surface area contributed by atoms with Crippen LogP contribution >= 0.6 is 0 Å². The van der Waals surface area contributed by atoms with E-state index in [1.54, 1.807) is 0 Å². The van der Waals surface area contributed by atoms with Gasteiger partial charge in [0.15, 0.2) is 6.10 Å². The Morgan fingerprint density at radius 3 is 2.08 bits per heavy atom. The van der Waals surface area contributed by atoms with Crippen molar-refractivity contribution in [2.45, 2.75) is 70.9 Å². The Hall–Kier alpha value is -1.54. The van der Waals surface area contributed by atoms with Gasteiger partial charge in [0, 0.05) is 13.0 Å². The van der Waals surface area contributed by atoms with Crippen LogP contribution in [0.4, 0.5) is 9.59 Å². The molecular formula is C18H30O8. The predicted molar refractivity (Wildman–Crippen MR) is 90.9 cm³/mol. The molecular weight excluding hydrogens is 344 g/mol. The van der Waals surface area contributed by atoms with E-state index in [9.17, 15) is 9.59 Å². The molecule has 0 aromatic carbocycles. The van der Waals surface area contributed by atoms with Gasteiger partial charge in [0.1, 0.15) is 19.3 Å². The lowest BCUT2D eigenvalue weighted by Gasteiger charge is -2.32. The van der Waals surface area contributed by atoms with Crippen LogP contribution in [0.2, 0.25) is 0 Å². The maximum atomic E-state index is 11.0. The molecule has 0 N–H and O–H groups in total. The normalized spacial score (nSPS) is 24.7. The molecule has 8 nitrogen and oxygen atoms in total. The highest BCUT2D eigenvalue weighted by Gasteiger charge is 2.33. The Morgan fingerprint density at radius 2 is 1.54 bits per heavy atom. The summed E-state index contributed by atoms with van der Waals surface area (Å²) in [7, 11) is 0. The standard InChI is InChI=1S/C18H30O8/c1-12(6-17(2,3)24-11-14-10-22-16(20)26-14)8-23-18(4,5)7-13-9-21-15(19)25-13/h12-14H,6-11H2,1-5H3. The molecule has 0 bridgehead atoms. The van der Waals surface area contributed by atoms with Crippen molar-refractivity contribution in [2.75, 3.05) is 26.4 Å². The van der Waals surface area contributed by atoms with Crippen LogP contribution in [0, 0.1) is 5.92 Å². The van der Waals surface area contributed by atoms with Crippen molar-refractivity contribution in [1.82, 2.24) is 0 Å². The molecule has 0 amide bonds. The summed E-state index contributed by atoms with van der Waals surface area (Å²) in [4.78, 5) is 21.9. The summed E-state index contributed by atoms with van der Waals surface area (Å²) in [6, 6.07) is 0. The van der Waals surface area contributed by atoms with Crippen molar-refractivity contribution in [1.29, 1.82) is 0 Å². The van der Waals surface area contributed by atoms with Crippen molar-refractivity contribution in [3.63, 3.8) is 0 Å². The first-order valence-electron chi connectivity index (χ1n) is 8.99. The molecule has 2 aliphatic heterocycles. The van der Waals surface area contributed by atoms with Crippen LogP contribution in [0.3, 0.4) is 0 Å². The average molecular weight is 374 g/mol. The third kappa shape index (κ3) is 6.99. The molecule has 2 rings (SSSR count). The highest BCUT2D eigenvalue weighted by Crippen LogP contribution is 2.26. The minimum Gasteiger partial charge on any atom is -0.430 e. The van der Waals surface area contributed by atoms with Crippen LogP contribution in [0.25, 0.3) is 0 Å². The first kappa shape index (κ1) is 20.8. The second-order valence-electron chi connectivity index (χ2n) is 8.26. The Labute approximate surface area is 154 Å². The van der Waals surface area contributed by atoms with E-state index in [2.05, 4.69) is 6.92 Å². The molecule has 2 saturated heterocycles. The first-order valence-corrected chi connectivity index (χ1v) is 8.99. The minimum absolute atomic E-state index is 0.233. The second kappa shape index (κ2) is 8.43. The smallest absolute Gasteiger partial charge is 0.430 e. The fourth-order valence-electron chi connectivity index (χ4n) is 3.16. The lowest BCUT2D eigenvalue weighted by atomic mass is 9.94.